The number of ether oxygens (including phenoxy) is 2. The summed E-state index contributed by atoms with van der Waals surface area (Å²) in [5, 5.41) is 0. The highest BCUT2D eigenvalue weighted by Crippen LogP contribution is 2.22. The molecule has 0 heterocycles. The van der Waals surface area contributed by atoms with E-state index in [2.05, 4.69) is 11.8 Å². The van der Waals surface area contributed by atoms with Gasteiger partial charge in [-0.2, -0.15) is 0 Å². The third-order valence-corrected chi connectivity index (χ3v) is 2.74. The van der Waals surface area contributed by atoms with Gasteiger partial charge in [0.25, 0.3) is 0 Å². The number of hydrogen-bond acceptors (Lipinski definition) is 4. The Hall–Kier alpha value is -2.93. The summed E-state index contributed by atoms with van der Waals surface area (Å²) in [6, 6.07) is 14.5. The minimum atomic E-state index is -0.307. The van der Waals surface area contributed by atoms with E-state index in [0.717, 1.165) is 11.3 Å². The molecule has 2 rings (SSSR count). The molecule has 0 aliphatic rings. The summed E-state index contributed by atoms with van der Waals surface area (Å²) in [6.07, 6.45) is 0.0948. The van der Waals surface area contributed by atoms with Crippen LogP contribution in [0.1, 0.15) is 18.9 Å². The van der Waals surface area contributed by atoms with Crippen molar-refractivity contribution in [3.63, 3.8) is 0 Å². The first-order valence-electron chi connectivity index (χ1n) is 6.95. The lowest BCUT2D eigenvalue weighted by Gasteiger charge is -2.05. The van der Waals surface area contributed by atoms with E-state index in [9.17, 15) is 4.79 Å². The summed E-state index contributed by atoms with van der Waals surface area (Å²) < 4.78 is 10.5. The fourth-order valence-electron chi connectivity index (χ4n) is 1.71. The molecule has 2 N–H and O–H groups in total. The van der Waals surface area contributed by atoms with Crippen LogP contribution in [0.2, 0.25) is 0 Å². The molecule has 0 aliphatic carbocycles. The third-order valence-electron chi connectivity index (χ3n) is 2.74. The lowest BCUT2D eigenvalue weighted by atomic mass is 10.2. The number of nitrogens with two attached hydrogens (primary N) is 1. The number of carbonyl (C=O) groups is 1. The van der Waals surface area contributed by atoms with Gasteiger partial charge in [0.15, 0.2) is 0 Å². The van der Waals surface area contributed by atoms with Crippen LogP contribution in [0.4, 0.5) is 5.69 Å². The van der Waals surface area contributed by atoms with E-state index < -0.39 is 0 Å². The SMILES string of the molecule is CCOC(=O)CC#Cc1ccc(Oc2ccc(N)cc2)cc1. The second kappa shape index (κ2) is 7.75. The maximum Gasteiger partial charge on any atom is 0.317 e. The van der Waals surface area contributed by atoms with Gasteiger partial charge in [-0.15, -0.1) is 0 Å². The van der Waals surface area contributed by atoms with Gasteiger partial charge < -0.3 is 15.2 Å². The average Bonchev–Trinajstić information content (AvgIpc) is 2.52. The molecule has 0 unspecified atom stereocenters. The molecule has 22 heavy (non-hydrogen) atoms. The molecular weight excluding hydrogens is 278 g/mol. The zero-order valence-electron chi connectivity index (χ0n) is 12.3. The van der Waals surface area contributed by atoms with Crippen molar-refractivity contribution in [3.05, 3.63) is 54.1 Å². The summed E-state index contributed by atoms with van der Waals surface area (Å²) in [4.78, 5) is 11.2. The fourth-order valence-corrected chi connectivity index (χ4v) is 1.71. The quantitative estimate of drug-likeness (QED) is 0.533. The molecule has 0 aliphatic heterocycles. The van der Waals surface area contributed by atoms with Gasteiger partial charge in [0.05, 0.1) is 6.61 Å². The van der Waals surface area contributed by atoms with Gasteiger partial charge in [0, 0.05) is 11.3 Å². The molecular formula is C18H17NO3. The molecule has 2 aromatic rings. The lowest BCUT2D eigenvalue weighted by molar-refractivity contribution is -0.141. The Morgan fingerprint density at radius 1 is 1.05 bits per heavy atom. The number of benzene rings is 2. The van der Waals surface area contributed by atoms with Crippen LogP contribution in [0.5, 0.6) is 11.5 Å². The molecule has 0 spiro atoms. The standard InChI is InChI=1S/C18H17NO3/c1-2-21-18(20)5-3-4-14-6-10-16(11-7-14)22-17-12-8-15(19)9-13-17/h6-13H,2,5,19H2,1H3. The van der Waals surface area contributed by atoms with Crippen molar-refractivity contribution in [2.24, 2.45) is 0 Å². The Bertz CT molecular complexity index is 679. The normalized spacial score (nSPS) is 9.50. The van der Waals surface area contributed by atoms with Gasteiger partial charge in [0.1, 0.15) is 17.9 Å². The minimum absolute atomic E-state index is 0.0948. The Balaban J connectivity index is 1.94. The average molecular weight is 295 g/mol. The zero-order valence-corrected chi connectivity index (χ0v) is 12.3. The smallest absolute Gasteiger partial charge is 0.317 e. The maximum atomic E-state index is 11.2. The van der Waals surface area contributed by atoms with Crippen molar-refractivity contribution in [1.29, 1.82) is 0 Å². The second-order valence-corrected chi connectivity index (χ2v) is 4.48. The third kappa shape index (κ3) is 4.88. The van der Waals surface area contributed by atoms with Crippen molar-refractivity contribution in [2.45, 2.75) is 13.3 Å². The van der Waals surface area contributed by atoms with Crippen LogP contribution in [0.3, 0.4) is 0 Å². The van der Waals surface area contributed by atoms with E-state index in [0.29, 0.717) is 18.0 Å². The highest BCUT2D eigenvalue weighted by atomic mass is 16.5. The number of hydrogen-bond donors (Lipinski definition) is 1. The Morgan fingerprint density at radius 2 is 1.64 bits per heavy atom. The Kier molecular flexibility index (Phi) is 5.44. The van der Waals surface area contributed by atoms with Gasteiger partial charge in [0.2, 0.25) is 0 Å². The van der Waals surface area contributed by atoms with Crippen LogP contribution in [0.25, 0.3) is 0 Å². The topological polar surface area (TPSA) is 61.5 Å². The summed E-state index contributed by atoms with van der Waals surface area (Å²) in [6.45, 7) is 2.14. The van der Waals surface area contributed by atoms with Gasteiger partial charge in [-0.25, -0.2) is 0 Å². The van der Waals surface area contributed by atoms with Crippen molar-refractivity contribution >= 4 is 11.7 Å². The van der Waals surface area contributed by atoms with Crippen molar-refractivity contribution in [2.75, 3.05) is 12.3 Å². The van der Waals surface area contributed by atoms with E-state index in [1.165, 1.54) is 0 Å². The number of esters is 1. The summed E-state index contributed by atoms with van der Waals surface area (Å²) in [5.41, 5.74) is 7.13. The highest BCUT2D eigenvalue weighted by molar-refractivity contribution is 5.72. The molecule has 0 saturated carbocycles. The van der Waals surface area contributed by atoms with Gasteiger partial charge in [-0.1, -0.05) is 11.8 Å². The van der Waals surface area contributed by atoms with Crippen LogP contribution < -0.4 is 10.5 Å². The molecule has 112 valence electrons. The largest absolute Gasteiger partial charge is 0.465 e. The number of anilines is 1. The molecule has 4 heteroatoms. The first-order chi connectivity index (χ1) is 10.7. The van der Waals surface area contributed by atoms with E-state index in [1.54, 1.807) is 19.1 Å². The first kappa shape index (κ1) is 15.5. The molecule has 0 bridgehead atoms. The summed E-state index contributed by atoms with van der Waals surface area (Å²) >= 11 is 0. The predicted molar refractivity (Wildman–Crippen MR) is 85.5 cm³/mol. The van der Waals surface area contributed by atoms with Crippen LogP contribution >= 0.6 is 0 Å². The van der Waals surface area contributed by atoms with E-state index in [1.807, 2.05) is 36.4 Å². The van der Waals surface area contributed by atoms with Crippen molar-refractivity contribution < 1.29 is 14.3 Å². The molecule has 4 nitrogen and oxygen atoms in total. The van der Waals surface area contributed by atoms with Crippen molar-refractivity contribution in [1.82, 2.24) is 0 Å². The van der Waals surface area contributed by atoms with E-state index >= 15 is 0 Å². The number of rotatable bonds is 4. The van der Waals surface area contributed by atoms with E-state index in [-0.39, 0.29) is 12.4 Å². The van der Waals surface area contributed by atoms with Crippen molar-refractivity contribution in [3.8, 4) is 23.3 Å². The van der Waals surface area contributed by atoms with Crippen LogP contribution in [-0.4, -0.2) is 12.6 Å². The Labute approximate surface area is 129 Å². The lowest BCUT2D eigenvalue weighted by Crippen LogP contribution is -2.01. The molecule has 0 saturated heterocycles. The summed E-state index contributed by atoms with van der Waals surface area (Å²) in [7, 11) is 0. The number of carbonyl (C=O) groups excluding carboxylic acids is 1. The predicted octanol–water partition coefficient (Wildman–Crippen LogP) is 3.37. The molecule has 0 atom stereocenters. The molecule has 2 aromatic carbocycles. The molecule has 0 fully saturated rings. The Morgan fingerprint density at radius 3 is 2.23 bits per heavy atom. The monoisotopic (exact) mass is 295 g/mol. The van der Waals surface area contributed by atoms with Gasteiger partial charge >= 0.3 is 5.97 Å². The zero-order chi connectivity index (χ0) is 15.8. The maximum absolute atomic E-state index is 11.2. The van der Waals surface area contributed by atoms with Gasteiger partial charge in [-0.05, 0) is 55.5 Å². The van der Waals surface area contributed by atoms with Gasteiger partial charge in [-0.3, -0.25) is 4.79 Å². The second-order valence-electron chi connectivity index (χ2n) is 4.48. The minimum Gasteiger partial charge on any atom is -0.465 e. The van der Waals surface area contributed by atoms with Crippen LogP contribution in [0, 0.1) is 11.8 Å². The van der Waals surface area contributed by atoms with Crippen LogP contribution in [0.15, 0.2) is 48.5 Å². The molecule has 0 amide bonds. The first-order valence-corrected chi connectivity index (χ1v) is 6.95. The molecule has 0 radical (unpaired) electrons. The van der Waals surface area contributed by atoms with E-state index in [4.69, 9.17) is 15.2 Å². The summed E-state index contributed by atoms with van der Waals surface area (Å²) in [5.74, 6) is 6.81. The highest BCUT2D eigenvalue weighted by Gasteiger charge is 1.98. The number of nitrogen functional groups attached to an aromatic ring is 1. The van der Waals surface area contributed by atoms with Crippen LogP contribution in [-0.2, 0) is 9.53 Å². The fraction of sp³-hybridized carbons (Fsp3) is 0.167. The molecule has 0 aromatic heterocycles.